The first-order chi connectivity index (χ1) is 13.9. The molecular weight excluding hydrogens is 398 g/mol. The highest BCUT2D eigenvalue weighted by molar-refractivity contribution is 8.05. The molecule has 0 bridgehead atoms. The van der Waals surface area contributed by atoms with Gasteiger partial charge in [0.05, 0.1) is 11.9 Å². The molecule has 2 aromatic rings. The maximum atomic E-state index is 13.3. The molecule has 1 aliphatic rings. The van der Waals surface area contributed by atoms with Crippen molar-refractivity contribution in [2.75, 3.05) is 11.5 Å². The Balaban J connectivity index is 2.02. The number of carbonyl (C=O) groups excluding carboxylic acids is 2. The van der Waals surface area contributed by atoms with Crippen LogP contribution in [0.3, 0.4) is 0 Å². The van der Waals surface area contributed by atoms with Crippen LogP contribution in [0.25, 0.3) is 0 Å². The molecule has 0 N–H and O–H groups in total. The van der Waals surface area contributed by atoms with Crippen molar-refractivity contribution in [3.63, 3.8) is 0 Å². The SMILES string of the molecule is CCOC(=O)/C(C#N)=C1/S[C@@H](Cc2ccc(F)cc2)C(=O)N1c1ccc(F)cc1. The number of benzene rings is 2. The van der Waals surface area contributed by atoms with Crippen LogP contribution in [0.4, 0.5) is 14.5 Å². The van der Waals surface area contributed by atoms with Crippen molar-refractivity contribution in [1.82, 2.24) is 0 Å². The summed E-state index contributed by atoms with van der Waals surface area (Å²) in [6.45, 7) is 1.69. The van der Waals surface area contributed by atoms with Crippen LogP contribution < -0.4 is 4.90 Å². The standard InChI is InChI=1S/C21H16F2N2O3S/c1-2-28-21(27)17(12-24)20-25(16-9-7-15(23)8-10-16)19(26)18(29-20)11-13-3-5-14(22)6-4-13/h3-10,18H,2,11H2,1H3/b20-17+/t18-/m0/s1. The molecule has 8 heteroatoms. The number of rotatable bonds is 5. The highest BCUT2D eigenvalue weighted by Crippen LogP contribution is 2.42. The van der Waals surface area contributed by atoms with Crippen molar-refractivity contribution in [1.29, 1.82) is 5.26 Å². The van der Waals surface area contributed by atoms with E-state index in [0.29, 0.717) is 5.69 Å². The number of ether oxygens (including phenoxy) is 1. The molecule has 0 aliphatic carbocycles. The summed E-state index contributed by atoms with van der Waals surface area (Å²) < 4.78 is 31.4. The first-order valence-electron chi connectivity index (χ1n) is 8.76. The average molecular weight is 414 g/mol. The van der Waals surface area contributed by atoms with Gasteiger partial charge in [-0.25, -0.2) is 13.6 Å². The van der Waals surface area contributed by atoms with Gasteiger partial charge >= 0.3 is 5.97 Å². The maximum absolute atomic E-state index is 13.3. The van der Waals surface area contributed by atoms with E-state index in [4.69, 9.17) is 4.74 Å². The largest absolute Gasteiger partial charge is 0.462 e. The minimum absolute atomic E-state index is 0.0749. The van der Waals surface area contributed by atoms with Crippen molar-refractivity contribution >= 4 is 29.3 Å². The summed E-state index contributed by atoms with van der Waals surface area (Å²) in [5, 5.41) is 9.02. The second-order valence-electron chi connectivity index (χ2n) is 6.10. The number of anilines is 1. The Kier molecular flexibility index (Phi) is 6.29. The van der Waals surface area contributed by atoms with Crippen LogP contribution in [-0.2, 0) is 20.7 Å². The van der Waals surface area contributed by atoms with Gasteiger partial charge in [0, 0.05) is 5.69 Å². The Hall–Kier alpha value is -3.18. The lowest BCUT2D eigenvalue weighted by Crippen LogP contribution is -2.30. The third kappa shape index (κ3) is 4.46. The van der Waals surface area contributed by atoms with Crippen LogP contribution in [0.1, 0.15) is 12.5 Å². The molecule has 1 heterocycles. The number of halogens is 2. The fraction of sp³-hybridized carbons (Fsp3) is 0.190. The molecule has 29 heavy (non-hydrogen) atoms. The summed E-state index contributed by atoms with van der Waals surface area (Å²) in [6.07, 6.45) is 0.270. The van der Waals surface area contributed by atoms with Gasteiger partial charge in [0.25, 0.3) is 0 Å². The lowest BCUT2D eigenvalue weighted by molar-refractivity contribution is -0.138. The molecule has 1 aliphatic heterocycles. The van der Waals surface area contributed by atoms with E-state index < -0.39 is 17.0 Å². The quantitative estimate of drug-likeness (QED) is 0.421. The highest BCUT2D eigenvalue weighted by atomic mass is 32.2. The molecule has 1 atom stereocenters. The number of amides is 1. The van der Waals surface area contributed by atoms with Crippen LogP contribution >= 0.6 is 11.8 Å². The summed E-state index contributed by atoms with van der Waals surface area (Å²) in [5.74, 6) is -2.06. The third-order valence-electron chi connectivity index (χ3n) is 4.18. The third-order valence-corrected chi connectivity index (χ3v) is 5.44. The van der Waals surface area contributed by atoms with E-state index >= 15 is 0 Å². The number of nitrogens with zero attached hydrogens (tertiary/aromatic N) is 2. The Morgan fingerprint density at radius 3 is 2.28 bits per heavy atom. The average Bonchev–Trinajstić information content (AvgIpc) is 3.01. The monoisotopic (exact) mass is 414 g/mol. The molecule has 0 unspecified atom stereocenters. The van der Waals surface area contributed by atoms with Gasteiger partial charge < -0.3 is 4.74 Å². The first-order valence-corrected chi connectivity index (χ1v) is 9.64. The Bertz CT molecular complexity index is 998. The van der Waals surface area contributed by atoms with Gasteiger partial charge in [0.1, 0.15) is 22.7 Å². The van der Waals surface area contributed by atoms with E-state index in [1.54, 1.807) is 19.1 Å². The lowest BCUT2D eigenvalue weighted by atomic mass is 10.1. The van der Waals surface area contributed by atoms with Crippen molar-refractivity contribution in [2.24, 2.45) is 0 Å². The van der Waals surface area contributed by atoms with Gasteiger partial charge in [0.15, 0.2) is 5.57 Å². The maximum Gasteiger partial charge on any atom is 0.351 e. The normalized spacial score (nSPS) is 17.8. The van der Waals surface area contributed by atoms with Crippen LogP contribution in [0.2, 0.25) is 0 Å². The zero-order valence-corrected chi connectivity index (χ0v) is 16.2. The molecule has 0 radical (unpaired) electrons. The molecule has 3 rings (SSSR count). The van der Waals surface area contributed by atoms with Crippen molar-refractivity contribution in [3.8, 4) is 6.07 Å². The van der Waals surface area contributed by atoms with E-state index in [1.165, 1.54) is 41.3 Å². The molecule has 0 aromatic heterocycles. The summed E-state index contributed by atoms with van der Waals surface area (Å²) in [7, 11) is 0. The molecule has 1 fully saturated rings. The summed E-state index contributed by atoms with van der Waals surface area (Å²) >= 11 is 1.06. The number of hydrogen-bond donors (Lipinski definition) is 0. The minimum Gasteiger partial charge on any atom is -0.462 e. The first kappa shape index (κ1) is 20.6. The van der Waals surface area contributed by atoms with Gasteiger partial charge in [-0.1, -0.05) is 23.9 Å². The summed E-state index contributed by atoms with van der Waals surface area (Å²) in [4.78, 5) is 26.6. The zero-order valence-electron chi connectivity index (χ0n) is 15.4. The van der Waals surface area contributed by atoms with E-state index in [9.17, 15) is 23.6 Å². The van der Waals surface area contributed by atoms with Crippen molar-refractivity contribution in [2.45, 2.75) is 18.6 Å². The minimum atomic E-state index is -0.833. The topological polar surface area (TPSA) is 70.4 Å². The molecule has 1 amide bonds. The molecule has 2 aromatic carbocycles. The molecule has 5 nitrogen and oxygen atoms in total. The highest BCUT2D eigenvalue weighted by Gasteiger charge is 2.41. The summed E-state index contributed by atoms with van der Waals surface area (Å²) in [5.41, 5.74) is 0.765. The van der Waals surface area contributed by atoms with Gasteiger partial charge in [-0.05, 0) is 55.3 Å². The zero-order chi connectivity index (χ0) is 21.0. The van der Waals surface area contributed by atoms with Crippen molar-refractivity contribution < 1.29 is 23.1 Å². The van der Waals surface area contributed by atoms with E-state index in [1.807, 2.05) is 6.07 Å². The molecule has 0 saturated carbocycles. The van der Waals surface area contributed by atoms with E-state index in [0.717, 1.165) is 17.3 Å². The van der Waals surface area contributed by atoms with Crippen LogP contribution in [0.5, 0.6) is 0 Å². The smallest absolute Gasteiger partial charge is 0.351 e. The molecule has 1 saturated heterocycles. The molecule has 0 spiro atoms. The predicted molar refractivity (Wildman–Crippen MR) is 105 cm³/mol. The van der Waals surface area contributed by atoms with Crippen LogP contribution in [0.15, 0.2) is 59.1 Å². The number of hydrogen-bond acceptors (Lipinski definition) is 5. The van der Waals surface area contributed by atoms with E-state index in [2.05, 4.69) is 0 Å². The second kappa shape index (κ2) is 8.88. The second-order valence-corrected chi connectivity index (χ2v) is 7.29. The van der Waals surface area contributed by atoms with Crippen molar-refractivity contribution in [3.05, 3.63) is 76.3 Å². The Morgan fingerprint density at radius 1 is 1.14 bits per heavy atom. The summed E-state index contributed by atoms with van der Waals surface area (Å²) in [6, 6.07) is 12.7. The molecular formula is C21H16F2N2O3S. The fourth-order valence-corrected chi connectivity index (χ4v) is 4.13. The van der Waals surface area contributed by atoms with Crippen LogP contribution in [0, 0.1) is 23.0 Å². The fourth-order valence-electron chi connectivity index (χ4n) is 2.83. The number of carbonyl (C=O) groups is 2. The van der Waals surface area contributed by atoms with Crippen LogP contribution in [-0.4, -0.2) is 23.7 Å². The number of nitriles is 1. The Morgan fingerprint density at radius 2 is 1.72 bits per heavy atom. The van der Waals surface area contributed by atoms with Gasteiger partial charge in [-0.15, -0.1) is 0 Å². The van der Waals surface area contributed by atoms with Gasteiger partial charge in [-0.2, -0.15) is 5.26 Å². The predicted octanol–water partition coefficient (Wildman–Crippen LogP) is 3.95. The Labute approximate surface area is 170 Å². The number of esters is 1. The number of thioether (sulfide) groups is 1. The lowest BCUT2D eigenvalue weighted by Gasteiger charge is -2.18. The van der Waals surface area contributed by atoms with E-state index in [-0.39, 0.29) is 35.4 Å². The van der Waals surface area contributed by atoms with Gasteiger partial charge in [0.2, 0.25) is 5.91 Å². The molecule has 148 valence electrons. The van der Waals surface area contributed by atoms with Gasteiger partial charge in [-0.3, -0.25) is 9.69 Å².